The first-order valence-corrected chi connectivity index (χ1v) is 8.58. The lowest BCUT2D eigenvalue weighted by molar-refractivity contribution is 0.142. The van der Waals surface area contributed by atoms with Crippen LogP contribution < -0.4 is 10.1 Å². The lowest BCUT2D eigenvalue weighted by Crippen LogP contribution is -2.51. The van der Waals surface area contributed by atoms with Crippen molar-refractivity contribution in [2.24, 2.45) is 0 Å². The standard InChI is InChI=1S/C18H22N4O2/c23-18(21-15-9-13-5-1-2-7-17(13)24-12-15)22-8-4-3-6-16(22)14-10-19-20-11-14/h1-2,5,7,10-11,15-16H,3-4,6,8-9,12H2,(H,19,20)(H,21,23)/t15-,16+/m0/s1. The number of benzene rings is 1. The first-order chi connectivity index (χ1) is 11.8. The number of carbonyl (C=O) groups is 1. The van der Waals surface area contributed by atoms with Crippen LogP contribution in [0.25, 0.3) is 0 Å². The summed E-state index contributed by atoms with van der Waals surface area (Å²) in [5, 5.41) is 10.0. The van der Waals surface area contributed by atoms with Gasteiger partial charge in [-0.1, -0.05) is 18.2 Å². The third-order valence-electron chi connectivity index (χ3n) is 4.87. The quantitative estimate of drug-likeness (QED) is 0.891. The fourth-order valence-corrected chi connectivity index (χ4v) is 3.64. The Bertz CT molecular complexity index is 701. The number of hydrogen-bond acceptors (Lipinski definition) is 3. The molecule has 6 heteroatoms. The highest BCUT2D eigenvalue weighted by molar-refractivity contribution is 5.75. The summed E-state index contributed by atoms with van der Waals surface area (Å²) in [7, 11) is 0. The van der Waals surface area contributed by atoms with Crippen LogP contribution in [-0.4, -0.2) is 40.3 Å². The van der Waals surface area contributed by atoms with E-state index >= 15 is 0 Å². The lowest BCUT2D eigenvalue weighted by atomic mass is 9.98. The van der Waals surface area contributed by atoms with Crippen molar-refractivity contribution in [3.63, 3.8) is 0 Å². The van der Waals surface area contributed by atoms with E-state index in [4.69, 9.17) is 4.74 Å². The minimum Gasteiger partial charge on any atom is -0.491 e. The maximum absolute atomic E-state index is 12.8. The summed E-state index contributed by atoms with van der Waals surface area (Å²) in [4.78, 5) is 14.8. The smallest absolute Gasteiger partial charge is 0.318 e. The number of ether oxygens (including phenoxy) is 1. The van der Waals surface area contributed by atoms with Gasteiger partial charge in [0.1, 0.15) is 12.4 Å². The monoisotopic (exact) mass is 326 g/mol. The van der Waals surface area contributed by atoms with Crippen molar-refractivity contribution >= 4 is 6.03 Å². The summed E-state index contributed by atoms with van der Waals surface area (Å²) >= 11 is 0. The number of aromatic amines is 1. The number of likely N-dealkylation sites (tertiary alicyclic amines) is 1. The third kappa shape index (κ3) is 2.96. The molecule has 0 unspecified atom stereocenters. The molecule has 1 aromatic carbocycles. The number of fused-ring (bicyclic) bond motifs is 1. The van der Waals surface area contributed by atoms with Crippen LogP contribution in [-0.2, 0) is 6.42 Å². The zero-order valence-electron chi connectivity index (χ0n) is 13.6. The van der Waals surface area contributed by atoms with E-state index in [9.17, 15) is 4.79 Å². The van der Waals surface area contributed by atoms with Gasteiger partial charge >= 0.3 is 6.03 Å². The molecule has 3 heterocycles. The van der Waals surface area contributed by atoms with E-state index in [0.29, 0.717) is 6.61 Å². The molecule has 2 amide bonds. The molecule has 24 heavy (non-hydrogen) atoms. The third-order valence-corrected chi connectivity index (χ3v) is 4.87. The van der Waals surface area contributed by atoms with Crippen LogP contribution >= 0.6 is 0 Å². The highest BCUT2D eigenvalue weighted by atomic mass is 16.5. The second-order valence-corrected chi connectivity index (χ2v) is 6.51. The number of carbonyl (C=O) groups excluding carboxylic acids is 1. The molecule has 126 valence electrons. The van der Waals surface area contributed by atoms with E-state index in [-0.39, 0.29) is 18.1 Å². The molecule has 6 nitrogen and oxygen atoms in total. The summed E-state index contributed by atoms with van der Waals surface area (Å²) in [5.74, 6) is 0.928. The van der Waals surface area contributed by atoms with Gasteiger partial charge in [-0.15, -0.1) is 0 Å². The van der Waals surface area contributed by atoms with E-state index in [0.717, 1.165) is 49.1 Å². The highest BCUT2D eigenvalue weighted by Crippen LogP contribution is 2.30. The molecule has 2 aromatic rings. The molecular formula is C18H22N4O2. The molecule has 4 rings (SSSR count). The van der Waals surface area contributed by atoms with Gasteiger partial charge < -0.3 is 15.0 Å². The number of nitrogens with zero attached hydrogens (tertiary/aromatic N) is 2. The summed E-state index contributed by atoms with van der Waals surface area (Å²) in [6.45, 7) is 1.30. The zero-order valence-corrected chi connectivity index (χ0v) is 13.6. The van der Waals surface area contributed by atoms with Crippen molar-refractivity contribution in [3.05, 3.63) is 47.8 Å². The predicted molar refractivity (Wildman–Crippen MR) is 89.8 cm³/mol. The lowest BCUT2D eigenvalue weighted by Gasteiger charge is -2.37. The average Bonchev–Trinajstić information content (AvgIpc) is 3.16. The molecule has 2 atom stereocenters. The molecule has 0 saturated carbocycles. The van der Waals surface area contributed by atoms with Gasteiger partial charge in [-0.25, -0.2) is 4.79 Å². The van der Waals surface area contributed by atoms with Crippen LogP contribution in [0.4, 0.5) is 4.79 Å². The van der Waals surface area contributed by atoms with E-state index in [1.54, 1.807) is 0 Å². The van der Waals surface area contributed by atoms with Crippen molar-refractivity contribution < 1.29 is 9.53 Å². The van der Waals surface area contributed by atoms with E-state index < -0.39 is 0 Å². The topological polar surface area (TPSA) is 70.2 Å². The Morgan fingerprint density at radius 3 is 3.12 bits per heavy atom. The Morgan fingerprint density at radius 1 is 1.33 bits per heavy atom. The predicted octanol–water partition coefficient (Wildman–Crippen LogP) is 2.65. The number of piperidine rings is 1. The molecule has 0 radical (unpaired) electrons. The summed E-state index contributed by atoms with van der Waals surface area (Å²) in [5.41, 5.74) is 2.23. The second-order valence-electron chi connectivity index (χ2n) is 6.51. The molecule has 2 aliphatic rings. The number of aromatic nitrogens is 2. The highest BCUT2D eigenvalue weighted by Gasteiger charge is 2.30. The van der Waals surface area contributed by atoms with Gasteiger partial charge in [0.25, 0.3) is 0 Å². The molecule has 0 bridgehead atoms. The maximum atomic E-state index is 12.8. The molecule has 2 N–H and O–H groups in total. The second kappa shape index (κ2) is 6.55. The zero-order chi connectivity index (χ0) is 16.4. The van der Waals surface area contributed by atoms with Gasteiger partial charge in [-0.05, 0) is 37.3 Å². The first kappa shape index (κ1) is 15.1. The summed E-state index contributed by atoms with van der Waals surface area (Å²) < 4.78 is 5.78. The molecule has 1 saturated heterocycles. The Hall–Kier alpha value is -2.50. The minimum absolute atomic E-state index is 0.00567. The van der Waals surface area contributed by atoms with Gasteiger partial charge in [0, 0.05) is 18.3 Å². The number of nitrogens with one attached hydrogen (secondary N) is 2. The maximum Gasteiger partial charge on any atom is 0.318 e. The van der Waals surface area contributed by atoms with Crippen LogP contribution in [0.3, 0.4) is 0 Å². The largest absolute Gasteiger partial charge is 0.491 e. The van der Waals surface area contributed by atoms with Gasteiger partial charge in [0.05, 0.1) is 18.3 Å². The van der Waals surface area contributed by atoms with E-state index in [1.807, 2.05) is 35.5 Å². The van der Waals surface area contributed by atoms with Crippen LogP contribution in [0.2, 0.25) is 0 Å². The Balaban J connectivity index is 1.44. The number of amides is 2. The number of para-hydroxylation sites is 1. The van der Waals surface area contributed by atoms with Crippen molar-refractivity contribution in [3.8, 4) is 5.75 Å². The molecule has 1 aromatic heterocycles. The molecule has 0 spiro atoms. The number of H-pyrrole nitrogens is 1. The minimum atomic E-state index is -0.00567. The normalized spacial score (nSPS) is 23.2. The Labute approximate surface area is 141 Å². The molecule has 2 aliphatic heterocycles. The van der Waals surface area contributed by atoms with Gasteiger partial charge in [-0.2, -0.15) is 5.10 Å². The molecule has 1 fully saturated rings. The Kier molecular flexibility index (Phi) is 4.11. The Morgan fingerprint density at radius 2 is 2.25 bits per heavy atom. The molecular weight excluding hydrogens is 304 g/mol. The van der Waals surface area contributed by atoms with Crippen LogP contribution in [0.1, 0.15) is 36.4 Å². The van der Waals surface area contributed by atoms with Gasteiger partial charge in [0.2, 0.25) is 0 Å². The number of hydrogen-bond donors (Lipinski definition) is 2. The number of rotatable bonds is 2. The van der Waals surface area contributed by atoms with Gasteiger partial charge in [0.15, 0.2) is 0 Å². The molecule has 0 aliphatic carbocycles. The average molecular weight is 326 g/mol. The van der Waals surface area contributed by atoms with Crippen LogP contribution in [0, 0.1) is 0 Å². The summed E-state index contributed by atoms with van der Waals surface area (Å²) in [6.07, 6.45) is 7.68. The van der Waals surface area contributed by atoms with E-state index in [1.165, 1.54) is 0 Å². The van der Waals surface area contributed by atoms with Crippen LogP contribution in [0.5, 0.6) is 5.75 Å². The van der Waals surface area contributed by atoms with Crippen LogP contribution in [0.15, 0.2) is 36.7 Å². The first-order valence-electron chi connectivity index (χ1n) is 8.58. The van der Waals surface area contributed by atoms with Crippen molar-refractivity contribution in [2.45, 2.75) is 37.8 Å². The van der Waals surface area contributed by atoms with Crippen molar-refractivity contribution in [1.29, 1.82) is 0 Å². The van der Waals surface area contributed by atoms with Gasteiger partial charge in [-0.3, -0.25) is 5.10 Å². The fourth-order valence-electron chi connectivity index (χ4n) is 3.64. The van der Waals surface area contributed by atoms with Crippen molar-refractivity contribution in [2.75, 3.05) is 13.2 Å². The van der Waals surface area contributed by atoms with Crippen molar-refractivity contribution in [1.82, 2.24) is 20.4 Å². The number of urea groups is 1. The fraction of sp³-hybridized carbons (Fsp3) is 0.444. The SMILES string of the molecule is O=C(N[C@@H]1COc2ccccc2C1)N1CCCC[C@@H]1c1cn[nH]c1. The summed E-state index contributed by atoms with van der Waals surface area (Å²) in [6, 6.07) is 8.13. The van der Waals surface area contributed by atoms with E-state index in [2.05, 4.69) is 21.6 Å².